The molecule has 1 aromatic rings. The smallest absolute Gasteiger partial charge is 0.239 e. The summed E-state index contributed by atoms with van der Waals surface area (Å²) in [6.45, 7) is 4.98. The lowest BCUT2D eigenvalue weighted by Gasteiger charge is -2.21. The van der Waals surface area contributed by atoms with Crippen molar-refractivity contribution < 1.29 is 9.53 Å². The van der Waals surface area contributed by atoms with Crippen molar-refractivity contribution in [3.8, 4) is 5.75 Å². The zero-order chi connectivity index (χ0) is 13.5. The number of hydrogen-bond donors (Lipinski definition) is 1. The molecule has 0 saturated heterocycles. The van der Waals surface area contributed by atoms with E-state index in [2.05, 4.69) is 0 Å². The highest BCUT2D eigenvalue weighted by molar-refractivity contribution is 5.85. The van der Waals surface area contributed by atoms with Crippen LogP contribution in [0.15, 0.2) is 24.3 Å². The average Bonchev–Trinajstić information content (AvgIpc) is 2.39. The van der Waals surface area contributed by atoms with Gasteiger partial charge in [0.05, 0.1) is 12.6 Å². The molecule has 5 heteroatoms. The minimum absolute atomic E-state index is 0. The molecule has 1 atom stereocenters. The first kappa shape index (κ1) is 17.7. The highest BCUT2D eigenvalue weighted by atomic mass is 35.5. The summed E-state index contributed by atoms with van der Waals surface area (Å²) in [5.74, 6) is 0.786. The number of ether oxygens (including phenoxy) is 1. The van der Waals surface area contributed by atoms with Gasteiger partial charge in [0.1, 0.15) is 5.75 Å². The highest BCUT2D eigenvalue weighted by Crippen LogP contribution is 2.19. The van der Waals surface area contributed by atoms with Crippen molar-refractivity contribution in [1.29, 1.82) is 0 Å². The van der Waals surface area contributed by atoms with Crippen molar-refractivity contribution in [2.75, 3.05) is 13.7 Å². The monoisotopic (exact) mass is 286 g/mol. The second-order valence-electron chi connectivity index (χ2n) is 4.25. The van der Waals surface area contributed by atoms with E-state index in [-0.39, 0.29) is 18.3 Å². The van der Waals surface area contributed by atoms with Crippen molar-refractivity contribution in [2.45, 2.75) is 32.9 Å². The molecule has 0 heterocycles. The van der Waals surface area contributed by atoms with E-state index in [0.717, 1.165) is 11.3 Å². The lowest BCUT2D eigenvalue weighted by atomic mass is 10.1. The van der Waals surface area contributed by atoms with Gasteiger partial charge in [-0.05, 0) is 19.4 Å². The van der Waals surface area contributed by atoms with Crippen LogP contribution in [0.5, 0.6) is 5.75 Å². The van der Waals surface area contributed by atoms with Crippen molar-refractivity contribution >= 4 is 18.3 Å². The molecule has 1 amide bonds. The summed E-state index contributed by atoms with van der Waals surface area (Å²) in [5, 5.41) is 0. The Hall–Kier alpha value is -1.26. The number of rotatable bonds is 6. The Labute approximate surface area is 121 Å². The molecular weight excluding hydrogens is 264 g/mol. The Bertz CT molecular complexity index is 399. The standard InChI is InChI=1S/C14H22N2O2.ClH/c1-4-12(15)14(17)16(3)10-11-8-6-7-9-13(11)18-5-2;/h6-9,12H,4-5,10,15H2,1-3H3;1H/t12-;/m0./s1. The Balaban J connectivity index is 0.00000324. The summed E-state index contributed by atoms with van der Waals surface area (Å²) in [6.07, 6.45) is 0.649. The van der Waals surface area contributed by atoms with Crippen LogP contribution in [-0.2, 0) is 11.3 Å². The summed E-state index contributed by atoms with van der Waals surface area (Å²) >= 11 is 0. The van der Waals surface area contributed by atoms with E-state index in [1.807, 2.05) is 38.1 Å². The summed E-state index contributed by atoms with van der Waals surface area (Å²) in [6, 6.07) is 7.32. The van der Waals surface area contributed by atoms with Crippen LogP contribution in [0.2, 0.25) is 0 Å². The lowest BCUT2D eigenvalue weighted by molar-refractivity contribution is -0.131. The van der Waals surface area contributed by atoms with Gasteiger partial charge in [0.2, 0.25) is 5.91 Å². The molecular formula is C14H23ClN2O2. The summed E-state index contributed by atoms with van der Waals surface area (Å²) in [5.41, 5.74) is 6.74. The van der Waals surface area contributed by atoms with Crippen molar-refractivity contribution in [3.05, 3.63) is 29.8 Å². The van der Waals surface area contributed by atoms with E-state index in [9.17, 15) is 4.79 Å². The molecule has 0 fully saturated rings. The molecule has 0 radical (unpaired) electrons. The van der Waals surface area contributed by atoms with Gasteiger partial charge in [-0.15, -0.1) is 12.4 Å². The number of likely N-dealkylation sites (N-methyl/N-ethyl adjacent to an activating group) is 1. The van der Waals surface area contributed by atoms with Gasteiger partial charge >= 0.3 is 0 Å². The molecule has 19 heavy (non-hydrogen) atoms. The van der Waals surface area contributed by atoms with Gasteiger partial charge in [-0.25, -0.2) is 0 Å². The molecule has 0 aliphatic carbocycles. The molecule has 0 aliphatic heterocycles. The molecule has 0 bridgehead atoms. The summed E-state index contributed by atoms with van der Waals surface area (Å²) in [7, 11) is 1.76. The zero-order valence-electron chi connectivity index (χ0n) is 11.8. The third kappa shape index (κ3) is 5.09. The third-order valence-corrected chi connectivity index (χ3v) is 2.81. The molecule has 2 N–H and O–H groups in total. The SMILES string of the molecule is CCOc1ccccc1CN(C)C(=O)[C@@H](N)CC.Cl. The number of carbonyl (C=O) groups excluding carboxylic acids is 1. The summed E-state index contributed by atoms with van der Waals surface area (Å²) in [4.78, 5) is 13.6. The first-order valence-electron chi connectivity index (χ1n) is 6.31. The Morgan fingerprint density at radius 1 is 1.37 bits per heavy atom. The van der Waals surface area contributed by atoms with Gasteiger partial charge in [0, 0.05) is 19.2 Å². The quantitative estimate of drug-likeness (QED) is 0.872. The van der Waals surface area contributed by atoms with Crippen LogP contribution in [0.4, 0.5) is 0 Å². The van der Waals surface area contributed by atoms with Crippen LogP contribution in [0.25, 0.3) is 0 Å². The fraction of sp³-hybridized carbons (Fsp3) is 0.500. The molecule has 0 spiro atoms. The Morgan fingerprint density at radius 2 is 2.00 bits per heavy atom. The number of carbonyl (C=O) groups is 1. The second kappa shape index (κ2) is 8.77. The maximum atomic E-state index is 11.9. The van der Waals surface area contributed by atoms with Gasteiger partial charge < -0.3 is 15.4 Å². The lowest BCUT2D eigenvalue weighted by Crippen LogP contribution is -2.40. The van der Waals surface area contributed by atoms with Gasteiger partial charge in [0.25, 0.3) is 0 Å². The third-order valence-electron chi connectivity index (χ3n) is 2.81. The number of nitrogens with two attached hydrogens (primary N) is 1. The topological polar surface area (TPSA) is 55.6 Å². The summed E-state index contributed by atoms with van der Waals surface area (Å²) < 4.78 is 5.54. The normalized spacial score (nSPS) is 11.4. The van der Waals surface area contributed by atoms with Gasteiger partial charge in [0.15, 0.2) is 0 Å². The fourth-order valence-electron chi connectivity index (χ4n) is 1.72. The number of halogens is 1. The zero-order valence-corrected chi connectivity index (χ0v) is 12.6. The van der Waals surface area contributed by atoms with Gasteiger partial charge in [-0.2, -0.15) is 0 Å². The maximum Gasteiger partial charge on any atom is 0.239 e. The second-order valence-corrected chi connectivity index (χ2v) is 4.25. The van der Waals surface area contributed by atoms with Gasteiger partial charge in [-0.3, -0.25) is 4.79 Å². The van der Waals surface area contributed by atoms with E-state index >= 15 is 0 Å². The number of benzene rings is 1. The van der Waals surface area contributed by atoms with Crippen LogP contribution in [0.3, 0.4) is 0 Å². The molecule has 0 saturated carbocycles. The number of para-hydroxylation sites is 1. The molecule has 0 aromatic heterocycles. The van der Waals surface area contributed by atoms with Crippen LogP contribution in [0, 0.1) is 0 Å². The fourth-order valence-corrected chi connectivity index (χ4v) is 1.72. The molecule has 108 valence electrons. The van der Waals surface area contributed by atoms with Crippen molar-refractivity contribution in [2.24, 2.45) is 5.73 Å². The van der Waals surface area contributed by atoms with E-state index in [1.165, 1.54) is 0 Å². The predicted octanol–water partition coefficient (Wildman–Crippen LogP) is 2.20. The molecule has 4 nitrogen and oxygen atoms in total. The van der Waals surface area contributed by atoms with E-state index < -0.39 is 6.04 Å². The van der Waals surface area contributed by atoms with Crippen molar-refractivity contribution in [1.82, 2.24) is 4.90 Å². The predicted molar refractivity (Wildman–Crippen MR) is 79.6 cm³/mol. The molecule has 0 unspecified atom stereocenters. The number of amides is 1. The molecule has 0 aliphatic rings. The molecule has 1 aromatic carbocycles. The average molecular weight is 287 g/mol. The van der Waals surface area contributed by atoms with Gasteiger partial charge in [-0.1, -0.05) is 25.1 Å². The van der Waals surface area contributed by atoms with E-state index in [1.54, 1.807) is 11.9 Å². The van der Waals surface area contributed by atoms with E-state index in [4.69, 9.17) is 10.5 Å². The van der Waals surface area contributed by atoms with Crippen LogP contribution in [0.1, 0.15) is 25.8 Å². The van der Waals surface area contributed by atoms with Crippen molar-refractivity contribution in [3.63, 3.8) is 0 Å². The van der Waals surface area contributed by atoms with Crippen LogP contribution >= 0.6 is 12.4 Å². The number of hydrogen-bond acceptors (Lipinski definition) is 3. The largest absolute Gasteiger partial charge is 0.494 e. The Morgan fingerprint density at radius 3 is 2.58 bits per heavy atom. The first-order chi connectivity index (χ1) is 8.60. The Kier molecular flexibility index (Phi) is 8.19. The van der Waals surface area contributed by atoms with Crippen LogP contribution in [-0.4, -0.2) is 30.5 Å². The minimum atomic E-state index is -0.422. The minimum Gasteiger partial charge on any atom is -0.494 e. The number of nitrogens with zero attached hydrogens (tertiary/aromatic N) is 1. The van der Waals surface area contributed by atoms with E-state index in [0.29, 0.717) is 19.6 Å². The van der Waals surface area contributed by atoms with Crippen LogP contribution < -0.4 is 10.5 Å². The highest BCUT2D eigenvalue weighted by Gasteiger charge is 2.17. The maximum absolute atomic E-state index is 11.9. The first-order valence-corrected chi connectivity index (χ1v) is 6.31. The molecule has 1 rings (SSSR count).